The van der Waals surface area contributed by atoms with Gasteiger partial charge in [-0.2, -0.15) is 0 Å². The molecule has 78 valence electrons. The minimum atomic E-state index is -3.65. The van der Waals surface area contributed by atoms with Gasteiger partial charge in [-0.1, -0.05) is 6.92 Å². The molecular formula is C6H19KNO4P. The number of hydrogen-bond acceptors (Lipinski definition) is 3. The summed E-state index contributed by atoms with van der Waals surface area (Å²) < 4.78 is 9.69. The van der Waals surface area contributed by atoms with E-state index in [1.54, 1.807) is 11.8 Å². The summed E-state index contributed by atoms with van der Waals surface area (Å²) in [6.07, 6.45) is -0.377. The second-order valence-electron chi connectivity index (χ2n) is 2.58. The van der Waals surface area contributed by atoms with Crippen LogP contribution in [-0.4, -0.2) is 97.7 Å². The van der Waals surface area contributed by atoms with E-state index in [9.17, 15) is 4.57 Å². The summed E-state index contributed by atoms with van der Waals surface area (Å²) in [5.74, 6) is 0. The van der Waals surface area contributed by atoms with E-state index in [1.807, 2.05) is 14.1 Å². The van der Waals surface area contributed by atoms with E-state index >= 15 is 0 Å². The molecule has 0 aromatic heterocycles. The molecule has 3 N–H and O–H groups in total. The van der Waals surface area contributed by atoms with Crippen LogP contribution in [0.25, 0.3) is 0 Å². The fourth-order valence-corrected chi connectivity index (χ4v) is 0. The van der Waals surface area contributed by atoms with Crippen molar-refractivity contribution in [2.75, 3.05) is 20.3 Å². The first-order valence-electron chi connectivity index (χ1n) is 3.59. The molecule has 5 nitrogen and oxygen atoms in total. The third-order valence-corrected chi connectivity index (χ3v) is 1.98. The number of aliphatic hydroxyl groups is 1. The Kier molecular flexibility index (Phi) is 15.9. The first-order valence-corrected chi connectivity index (χ1v) is 5.39. The monoisotopic (exact) mass is 239 g/mol. The Balaban J connectivity index is -0.000000143. The molecule has 0 heterocycles. The minimum absolute atomic E-state index is 0. The Morgan fingerprint density at radius 2 is 1.54 bits per heavy atom. The molecular weight excluding hydrogens is 220 g/mol. The van der Waals surface area contributed by atoms with Crippen molar-refractivity contribution in [3.63, 3.8) is 0 Å². The summed E-state index contributed by atoms with van der Waals surface area (Å²) in [5.41, 5.74) is 0. The average molecular weight is 239 g/mol. The van der Waals surface area contributed by atoms with Crippen LogP contribution in [0.2, 0.25) is 0 Å². The molecule has 0 aliphatic rings. The number of nitrogens with zero attached hydrogens (tertiary/aromatic N) is 1. The van der Waals surface area contributed by atoms with Crippen LogP contribution in [0.15, 0.2) is 0 Å². The van der Waals surface area contributed by atoms with Gasteiger partial charge in [0.2, 0.25) is 0 Å². The zero-order valence-electron chi connectivity index (χ0n) is 7.93. The normalized spacial score (nSPS) is 12.6. The van der Waals surface area contributed by atoms with Crippen LogP contribution < -0.4 is 0 Å². The van der Waals surface area contributed by atoms with Gasteiger partial charge in [0.05, 0.1) is 0 Å². The summed E-state index contributed by atoms with van der Waals surface area (Å²) in [6.45, 7) is 3.17. The zero-order chi connectivity index (χ0) is 10.4. The van der Waals surface area contributed by atoms with Crippen molar-refractivity contribution < 1.29 is 19.5 Å². The molecule has 0 aliphatic carbocycles. The van der Waals surface area contributed by atoms with E-state index in [0.29, 0.717) is 0 Å². The predicted molar refractivity (Wildman–Crippen MR) is 55.1 cm³/mol. The van der Waals surface area contributed by atoms with Gasteiger partial charge < -0.3 is 14.9 Å². The van der Waals surface area contributed by atoms with Crippen LogP contribution in [0.4, 0.5) is 0 Å². The molecule has 0 fully saturated rings. The summed E-state index contributed by atoms with van der Waals surface area (Å²) in [4.78, 5) is 17.6. The first kappa shape index (κ1) is 20.2. The van der Waals surface area contributed by atoms with E-state index in [4.69, 9.17) is 14.9 Å². The molecule has 1 unspecified atom stereocenters. The molecule has 0 saturated carbocycles. The fraction of sp³-hybridized carbons (Fsp3) is 1.00. The molecule has 0 spiro atoms. The maximum atomic E-state index is 9.69. The molecule has 0 aromatic carbocycles. The van der Waals surface area contributed by atoms with E-state index in [0.717, 1.165) is 0 Å². The molecule has 7 heteroatoms. The van der Waals surface area contributed by atoms with Crippen LogP contribution in [0.3, 0.4) is 0 Å². The molecule has 0 aromatic rings. The van der Waals surface area contributed by atoms with E-state index in [2.05, 4.69) is 0 Å². The van der Waals surface area contributed by atoms with Gasteiger partial charge in [0.25, 0.3) is 0 Å². The van der Waals surface area contributed by atoms with Crippen molar-refractivity contribution in [3.05, 3.63) is 0 Å². The van der Waals surface area contributed by atoms with E-state index in [-0.39, 0.29) is 63.8 Å². The molecule has 13 heavy (non-hydrogen) atoms. The van der Waals surface area contributed by atoms with Crippen molar-refractivity contribution >= 4 is 59.0 Å². The number of rotatable bonds is 2. The van der Waals surface area contributed by atoms with Crippen molar-refractivity contribution in [3.8, 4) is 0 Å². The van der Waals surface area contributed by atoms with Crippen molar-refractivity contribution in [1.29, 1.82) is 0 Å². The topological polar surface area (TPSA) is 81.0 Å². The molecule has 0 radical (unpaired) electrons. The van der Waals surface area contributed by atoms with Gasteiger partial charge in [0.15, 0.2) is 0 Å². The summed E-state index contributed by atoms with van der Waals surface area (Å²) >= 11 is 0. The van der Waals surface area contributed by atoms with Crippen LogP contribution in [-0.2, 0) is 4.57 Å². The fourth-order valence-electron chi connectivity index (χ4n) is 0. The van der Waals surface area contributed by atoms with Crippen LogP contribution in [0.5, 0.6) is 0 Å². The Bertz CT molecular complexity index is 142. The first-order chi connectivity index (χ1) is 5.20. The average Bonchev–Trinajstić information content (AvgIpc) is 1.87. The van der Waals surface area contributed by atoms with Gasteiger partial charge in [0.1, 0.15) is 6.23 Å². The quantitative estimate of drug-likeness (QED) is 0.341. The SMILES string of the molecule is CC(O)N(C)C.CCP(=O)(O)O.[KH]. The Hall–Kier alpha value is 1.71. The number of aliphatic hydroxyl groups excluding tert-OH is 1. The Morgan fingerprint density at radius 3 is 1.54 bits per heavy atom. The van der Waals surface area contributed by atoms with Gasteiger partial charge in [0, 0.05) is 6.16 Å². The predicted octanol–water partition coefficient (Wildman–Crippen LogP) is -0.578. The zero-order valence-corrected chi connectivity index (χ0v) is 8.82. The Labute approximate surface area is 122 Å². The summed E-state index contributed by atoms with van der Waals surface area (Å²) in [7, 11) is 0.00154. The second-order valence-corrected chi connectivity index (χ2v) is 4.54. The van der Waals surface area contributed by atoms with Crippen molar-refractivity contribution in [1.82, 2.24) is 4.90 Å². The van der Waals surface area contributed by atoms with Gasteiger partial charge in [-0.3, -0.25) is 9.46 Å². The Morgan fingerprint density at radius 1 is 1.38 bits per heavy atom. The molecule has 0 amide bonds. The van der Waals surface area contributed by atoms with Gasteiger partial charge in [-0.25, -0.2) is 0 Å². The van der Waals surface area contributed by atoms with Crippen LogP contribution >= 0.6 is 7.60 Å². The molecule has 0 aliphatic heterocycles. The van der Waals surface area contributed by atoms with Gasteiger partial charge in [-0.15, -0.1) is 0 Å². The third-order valence-electron chi connectivity index (χ3n) is 1.16. The second kappa shape index (κ2) is 10.2. The van der Waals surface area contributed by atoms with E-state index < -0.39 is 7.60 Å². The van der Waals surface area contributed by atoms with Crippen LogP contribution in [0, 0.1) is 0 Å². The number of hydrogen-bond donors (Lipinski definition) is 3. The molecule has 0 rings (SSSR count). The molecule has 1 atom stereocenters. The summed E-state index contributed by atoms with van der Waals surface area (Å²) in [5, 5.41) is 8.56. The molecule has 0 bridgehead atoms. The van der Waals surface area contributed by atoms with Crippen molar-refractivity contribution in [2.24, 2.45) is 0 Å². The van der Waals surface area contributed by atoms with Crippen molar-refractivity contribution in [2.45, 2.75) is 20.1 Å². The van der Waals surface area contributed by atoms with E-state index in [1.165, 1.54) is 6.92 Å². The molecule has 0 saturated heterocycles. The van der Waals surface area contributed by atoms with Crippen LogP contribution in [0.1, 0.15) is 13.8 Å². The third kappa shape index (κ3) is 24.8. The maximum absolute atomic E-state index is 9.69. The standard InChI is InChI=1S/C4H11NO.C2H7O3P.K.H/c1-4(6)5(2)3;1-2-6(3,4)5;;/h4,6H,1-3H3;2H2,1H3,(H2,3,4,5);;. The summed E-state index contributed by atoms with van der Waals surface area (Å²) in [6, 6.07) is 0. The van der Waals surface area contributed by atoms with Gasteiger partial charge in [-0.05, 0) is 21.0 Å². The van der Waals surface area contributed by atoms with Gasteiger partial charge >= 0.3 is 59.0 Å².